The third kappa shape index (κ3) is 9.62. The topological polar surface area (TPSA) is 74.8 Å². The maximum atomic E-state index is 11.8. The van der Waals surface area contributed by atoms with Gasteiger partial charge < -0.3 is 20.7 Å². The number of para-hydroxylation sites is 1. The fraction of sp³-hybridized carbons (Fsp3) is 0.368. The number of thiophene rings is 1. The summed E-state index contributed by atoms with van der Waals surface area (Å²) in [6.07, 6.45) is 0.786. The van der Waals surface area contributed by atoms with Crippen LogP contribution in [0.3, 0.4) is 0 Å². The van der Waals surface area contributed by atoms with Crippen molar-refractivity contribution < 1.29 is 9.53 Å². The zero-order chi connectivity index (χ0) is 18.5. The number of rotatable bonds is 10. The largest absolute Gasteiger partial charge is 0.492 e. The van der Waals surface area contributed by atoms with E-state index in [-0.39, 0.29) is 29.9 Å². The first-order valence-electron chi connectivity index (χ1n) is 8.81. The smallest absolute Gasteiger partial charge is 0.261 e. The quantitative estimate of drug-likeness (QED) is 0.202. The van der Waals surface area contributed by atoms with Crippen molar-refractivity contribution in [3.05, 3.63) is 52.7 Å². The molecule has 2 aromatic rings. The van der Waals surface area contributed by atoms with Crippen LogP contribution in [0.25, 0.3) is 0 Å². The molecule has 0 aliphatic carbocycles. The molecule has 1 aromatic heterocycles. The van der Waals surface area contributed by atoms with Crippen molar-refractivity contribution in [2.75, 3.05) is 32.8 Å². The predicted octanol–water partition coefficient (Wildman–Crippen LogP) is 3.12. The molecule has 6 nitrogen and oxygen atoms in total. The molecule has 0 saturated carbocycles. The standard InChI is InChI=1S/C19H26N4O2S.HI/c1-2-20-19(23-13-14-25-16-8-4-3-5-9-16)22-12-7-11-21-18(24)17-10-6-15-26-17;/h3-6,8-10,15H,2,7,11-14H2,1H3,(H,21,24)(H2,20,22,23);1H. The van der Waals surface area contributed by atoms with E-state index >= 15 is 0 Å². The second-order valence-electron chi connectivity index (χ2n) is 5.44. The number of nitrogens with one attached hydrogen (secondary N) is 3. The fourth-order valence-electron chi connectivity index (χ4n) is 2.16. The number of benzene rings is 1. The van der Waals surface area contributed by atoms with E-state index in [9.17, 15) is 4.79 Å². The van der Waals surface area contributed by atoms with Crippen LogP contribution in [0.15, 0.2) is 52.8 Å². The van der Waals surface area contributed by atoms with Gasteiger partial charge in [-0.2, -0.15) is 0 Å². The number of amides is 1. The SMILES string of the molecule is CCNC(=NCCCNC(=O)c1cccs1)NCCOc1ccccc1.I. The van der Waals surface area contributed by atoms with Crippen LogP contribution in [-0.4, -0.2) is 44.7 Å². The molecule has 1 aromatic carbocycles. The lowest BCUT2D eigenvalue weighted by Gasteiger charge is -2.12. The first kappa shape index (κ1) is 23.2. The van der Waals surface area contributed by atoms with Gasteiger partial charge in [0.15, 0.2) is 5.96 Å². The molecule has 8 heteroatoms. The first-order valence-corrected chi connectivity index (χ1v) is 9.69. The van der Waals surface area contributed by atoms with Gasteiger partial charge in [0, 0.05) is 19.6 Å². The van der Waals surface area contributed by atoms with Crippen LogP contribution in [0.1, 0.15) is 23.0 Å². The van der Waals surface area contributed by atoms with Crippen molar-refractivity contribution >= 4 is 47.2 Å². The summed E-state index contributed by atoms with van der Waals surface area (Å²) in [5.41, 5.74) is 0. The summed E-state index contributed by atoms with van der Waals surface area (Å²) in [7, 11) is 0. The maximum absolute atomic E-state index is 11.8. The van der Waals surface area contributed by atoms with E-state index in [1.54, 1.807) is 0 Å². The molecule has 2 rings (SSSR count). The Labute approximate surface area is 181 Å². The minimum Gasteiger partial charge on any atom is -0.492 e. The lowest BCUT2D eigenvalue weighted by atomic mass is 10.3. The third-order valence-electron chi connectivity index (χ3n) is 3.39. The van der Waals surface area contributed by atoms with Crippen LogP contribution in [-0.2, 0) is 0 Å². The average Bonchev–Trinajstić information content (AvgIpc) is 3.20. The molecule has 3 N–H and O–H groups in total. The molecule has 0 spiro atoms. The van der Waals surface area contributed by atoms with Gasteiger partial charge in [-0.3, -0.25) is 9.79 Å². The van der Waals surface area contributed by atoms with E-state index in [4.69, 9.17) is 4.74 Å². The summed E-state index contributed by atoms with van der Waals surface area (Å²) >= 11 is 1.44. The van der Waals surface area contributed by atoms with Gasteiger partial charge in [0.1, 0.15) is 12.4 Å². The van der Waals surface area contributed by atoms with E-state index in [1.807, 2.05) is 54.8 Å². The highest BCUT2D eigenvalue weighted by Crippen LogP contribution is 2.08. The number of carbonyl (C=O) groups is 1. The molecule has 1 heterocycles. The van der Waals surface area contributed by atoms with Crippen molar-refractivity contribution in [3.63, 3.8) is 0 Å². The van der Waals surface area contributed by atoms with Crippen molar-refractivity contribution in [2.45, 2.75) is 13.3 Å². The molecule has 27 heavy (non-hydrogen) atoms. The number of nitrogens with zero attached hydrogens (tertiary/aromatic N) is 1. The predicted molar refractivity (Wildman–Crippen MR) is 123 cm³/mol. The maximum Gasteiger partial charge on any atom is 0.261 e. The highest BCUT2D eigenvalue weighted by Gasteiger charge is 2.04. The van der Waals surface area contributed by atoms with E-state index in [0.29, 0.717) is 26.2 Å². The van der Waals surface area contributed by atoms with E-state index in [0.717, 1.165) is 29.6 Å². The molecule has 148 valence electrons. The molecule has 0 saturated heterocycles. The molecular formula is C19H27IN4O2S. The zero-order valence-electron chi connectivity index (χ0n) is 15.4. The van der Waals surface area contributed by atoms with Gasteiger partial charge in [0.25, 0.3) is 5.91 Å². The van der Waals surface area contributed by atoms with Crippen molar-refractivity contribution in [2.24, 2.45) is 4.99 Å². The van der Waals surface area contributed by atoms with Crippen LogP contribution in [0.2, 0.25) is 0 Å². The summed E-state index contributed by atoms with van der Waals surface area (Å²) < 4.78 is 5.65. The molecule has 0 aliphatic heterocycles. The van der Waals surface area contributed by atoms with Crippen molar-refractivity contribution in [3.8, 4) is 5.75 Å². The number of halogens is 1. The Hall–Kier alpha value is -1.81. The summed E-state index contributed by atoms with van der Waals surface area (Å²) in [5.74, 6) is 1.60. The van der Waals surface area contributed by atoms with Crippen LogP contribution in [0.5, 0.6) is 5.75 Å². The zero-order valence-corrected chi connectivity index (χ0v) is 18.6. The van der Waals surface area contributed by atoms with E-state index in [1.165, 1.54) is 11.3 Å². The Kier molecular flexibility index (Phi) is 12.3. The summed E-state index contributed by atoms with van der Waals surface area (Å²) in [5, 5.41) is 11.2. The number of guanidine groups is 1. The minimum atomic E-state index is -0.0212. The van der Waals surface area contributed by atoms with E-state index < -0.39 is 0 Å². The third-order valence-corrected chi connectivity index (χ3v) is 4.25. The van der Waals surface area contributed by atoms with Gasteiger partial charge in [-0.1, -0.05) is 24.3 Å². The molecule has 0 radical (unpaired) electrons. The molecule has 0 aliphatic rings. The Morgan fingerprint density at radius 2 is 1.89 bits per heavy atom. The summed E-state index contributed by atoms with van der Waals surface area (Å²) in [6, 6.07) is 13.4. The Morgan fingerprint density at radius 3 is 2.59 bits per heavy atom. The fourth-order valence-corrected chi connectivity index (χ4v) is 2.80. The number of carbonyl (C=O) groups excluding carboxylic acids is 1. The van der Waals surface area contributed by atoms with Gasteiger partial charge in [0.2, 0.25) is 0 Å². The number of ether oxygens (including phenoxy) is 1. The van der Waals surface area contributed by atoms with Gasteiger partial charge in [-0.05, 0) is 36.9 Å². The second-order valence-corrected chi connectivity index (χ2v) is 6.38. The van der Waals surface area contributed by atoms with Crippen LogP contribution in [0, 0.1) is 0 Å². The number of aliphatic imine (C=N–C) groups is 1. The van der Waals surface area contributed by atoms with Crippen LogP contribution < -0.4 is 20.7 Å². The van der Waals surface area contributed by atoms with Gasteiger partial charge in [0.05, 0.1) is 11.4 Å². The molecule has 0 fully saturated rings. The Bertz CT molecular complexity index is 666. The highest BCUT2D eigenvalue weighted by atomic mass is 127. The molecule has 1 amide bonds. The summed E-state index contributed by atoms with van der Waals surface area (Å²) in [4.78, 5) is 17.1. The Balaban J connectivity index is 0.00000364. The van der Waals surface area contributed by atoms with Crippen molar-refractivity contribution in [1.82, 2.24) is 16.0 Å². The second kappa shape index (κ2) is 14.3. The van der Waals surface area contributed by atoms with Gasteiger partial charge in [-0.15, -0.1) is 35.3 Å². The van der Waals surface area contributed by atoms with E-state index in [2.05, 4.69) is 20.9 Å². The van der Waals surface area contributed by atoms with Crippen LogP contribution in [0.4, 0.5) is 0 Å². The number of hydrogen-bond donors (Lipinski definition) is 3. The van der Waals surface area contributed by atoms with Crippen molar-refractivity contribution in [1.29, 1.82) is 0 Å². The molecule has 0 bridgehead atoms. The monoisotopic (exact) mass is 502 g/mol. The molecular weight excluding hydrogens is 475 g/mol. The Morgan fingerprint density at radius 1 is 1.07 bits per heavy atom. The van der Waals surface area contributed by atoms with Gasteiger partial charge >= 0.3 is 0 Å². The molecule has 0 atom stereocenters. The average molecular weight is 502 g/mol. The van der Waals surface area contributed by atoms with Gasteiger partial charge in [-0.25, -0.2) is 0 Å². The summed E-state index contributed by atoms with van der Waals surface area (Å²) in [6.45, 7) is 5.29. The lowest BCUT2D eigenvalue weighted by Crippen LogP contribution is -2.39. The lowest BCUT2D eigenvalue weighted by molar-refractivity contribution is 0.0957. The number of hydrogen-bond acceptors (Lipinski definition) is 4. The molecule has 0 unspecified atom stereocenters. The first-order chi connectivity index (χ1) is 12.8. The normalized spacial score (nSPS) is 10.6. The van der Waals surface area contributed by atoms with Crippen LogP contribution >= 0.6 is 35.3 Å². The highest BCUT2D eigenvalue weighted by molar-refractivity contribution is 14.0. The minimum absolute atomic E-state index is 0.